The largest absolute Gasteiger partial charge is 0.487 e. The maximum Gasteiger partial charge on any atom is 0.417 e. The molecule has 3 aromatic carbocycles. The molecular weight excluding hydrogens is 623 g/mol. The Morgan fingerprint density at radius 3 is 2.33 bits per heavy atom. The second-order valence-electron chi connectivity index (χ2n) is 8.29. The predicted molar refractivity (Wildman–Crippen MR) is 146 cm³/mol. The van der Waals surface area contributed by atoms with Crippen LogP contribution in [-0.2, 0) is 24.0 Å². The molecule has 0 bridgehead atoms. The molecule has 0 atom stereocenters. The molecule has 1 heterocycles. The monoisotopic (exact) mass is 640 g/mol. The SMILES string of the molecule is Fc1c(Cl)cccc1CON=C(COc1ccc(Cc2ncc(C(F)(F)F)cc2Cl)cc1)c1ccc(Br)cc1. The number of rotatable bonds is 9. The van der Waals surface area contributed by atoms with Crippen LogP contribution in [0.1, 0.15) is 27.9 Å². The molecule has 4 rings (SSSR count). The number of nitrogens with zero attached hydrogens (tertiary/aromatic N) is 2. The van der Waals surface area contributed by atoms with Crippen molar-refractivity contribution in [1.82, 2.24) is 4.98 Å². The van der Waals surface area contributed by atoms with E-state index in [0.29, 0.717) is 17.2 Å². The van der Waals surface area contributed by atoms with Crippen molar-refractivity contribution in [1.29, 1.82) is 0 Å². The van der Waals surface area contributed by atoms with Crippen molar-refractivity contribution in [2.24, 2.45) is 5.16 Å². The normalized spacial score (nSPS) is 11.9. The molecule has 39 heavy (non-hydrogen) atoms. The lowest BCUT2D eigenvalue weighted by Gasteiger charge is -2.11. The quantitative estimate of drug-likeness (QED) is 0.104. The molecule has 0 aliphatic rings. The molecule has 0 spiro atoms. The van der Waals surface area contributed by atoms with Gasteiger partial charge in [0.25, 0.3) is 0 Å². The van der Waals surface area contributed by atoms with E-state index in [2.05, 4.69) is 26.1 Å². The molecule has 0 unspecified atom stereocenters. The van der Waals surface area contributed by atoms with Crippen LogP contribution in [0.5, 0.6) is 5.75 Å². The second kappa shape index (κ2) is 12.8. The Morgan fingerprint density at radius 1 is 0.949 bits per heavy atom. The molecule has 11 heteroatoms. The van der Waals surface area contributed by atoms with Crippen molar-refractivity contribution in [3.63, 3.8) is 0 Å². The number of aromatic nitrogens is 1. The van der Waals surface area contributed by atoms with Crippen molar-refractivity contribution in [2.45, 2.75) is 19.2 Å². The van der Waals surface area contributed by atoms with Crippen LogP contribution >= 0.6 is 39.1 Å². The van der Waals surface area contributed by atoms with Crippen LogP contribution in [0.15, 0.2) is 88.6 Å². The molecule has 0 N–H and O–H groups in total. The molecule has 4 nitrogen and oxygen atoms in total. The molecule has 4 aromatic rings. The number of alkyl halides is 3. The zero-order valence-corrected chi connectivity index (χ0v) is 23.1. The first-order valence-corrected chi connectivity index (χ1v) is 13.0. The number of oxime groups is 1. The summed E-state index contributed by atoms with van der Waals surface area (Å²) in [6.45, 7) is -0.0764. The Labute approximate surface area is 240 Å². The van der Waals surface area contributed by atoms with E-state index in [-0.39, 0.29) is 35.2 Å². The third kappa shape index (κ3) is 7.94. The van der Waals surface area contributed by atoms with Crippen LogP contribution in [0, 0.1) is 5.82 Å². The number of benzene rings is 3. The number of pyridine rings is 1. The highest BCUT2D eigenvalue weighted by Gasteiger charge is 2.31. The standard InChI is InChI=1S/C28H19BrCl2F4N2O2/c29-21-8-6-18(7-9-21)26(37-39-15-19-2-1-3-23(30)27(19)32)16-38-22-10-4-17(5-11-22)12-25-24(31)13-20(14-36-25)28(33,34)35/h1-11,13-14H,12,15-16H2. The number of halogens is 7. The average Bonchev–Trinajstić information content (AvgIpc) is 2.90. The third-order valence-electron chi connectivity index (χ3n) is 5.52. The van der Waals surface area contributed by atoms with Crippen LogP contribution in [0.3, 0.4) is 0 Å². The minimum atomic E-state index is -4.51. The van der Waals surface area contributed by atoms with E-state index in [0.717, 1.165) is 27.9 Å². The van der Waals surface area contributed by atoms with Gasteiger partial charge >= 0.3 is 6.18 Å². The highest BCUT2D eigenvalue weighted by atomic mass is 79.9. The predicted octanol–water partition coefficient (Wildman–Crippen LogP) is 8.90. The van der Waals surface area contributed by atoms with Crippen molar-refractivity contribution in [3.8, 4) is 5.75 Å². The highest BCUT2D eigenvalue weighted by molar-refractivity contribution is 9.10. The summed E-state index contributed by atoms with van der Waals surface area (Å²) < 4.78 is 59.5. The zero-order valence-electron chi connectivity index (χ0n) is 20.0. The maximum absolute atomic E-state index is 14.2. The summed E-state index contributed by atoms with van der Waals surface area (Å²) in [4.78, 5) is 9.30. The average molecular weight is 642 g/mol. The summed E-state index contributed by atoms with van der Waals surface area (Å²) in [6, 6.07) is 19.8. The van der Waals surface area contributed by atoms with Gasteiger partial charge in [0, 0.05) is 28.2 Å². The lowest BCUT2D eigenvalue weighted by Crippen LogP contribution is -2.14. The minimum Gasteiger partial charge on any atom is -0.487 e. The van der Waals surface area contributed by atoms with E-state index < -0.39 is 17.6 Å². The Balaban J connectivity index is 1.43. The summed E-state index contributed by atoms with van der Waals surface area (Å²) in [6.07, 6.45) is -3.50. The lowest BCUT2D eigenvalue weighted by atomic mass is 10.1. The molecule has 1 aromatic heterocycles. The Hall–Kier alpha value is -3.14. The van der Waals surface area contributed by atoms with Gasteiger partial charge in [-0.1, -0.05) is 80.7 Å². The van der Waals surface area contributed by atoms with Crippen LogP contribution in [0.4, 0.5) is 17.6 Å². The fraction of sp³-hybridized carbons (Fsp3) is 0.143. The van der Waals surface area contributed by atoms with Gasteiger partial charge in [-0.05, 0) is 42.0 Å². The zero-order chi connectivity index (χ0) is 28.0. The molecule has 202 valence electrons. The molecule has 0 radical (unpaired) electrons. The summed E-state index contributed by atoms with van der Waals surface area (Å²) >= 11 is 15.2. The smallest absolute Gasteiger partial charge is 0.417 e. The lowest BCUT2D eigenvalue weighted by molar-refractivity contribution is -0.137. The summed E-state index contributed by atoms with van der Waals surface area (Å²) in [5, 5.41) is 4.12. The first-order chi connectivity index (χ1) is 18.6. The fourth-order valence-corrected chi connectivity index (χ4v) is 4.14. The topological polar surface area (TPSA) is 43.7 Å². The van der Waals surface area contributed by atoms with Gasteiger partial charge in [-0.3, -0.25) is 4.98 Å². The molecule has 0 aliphatic carbocycles. The Kier molecular flexibility index (Phi) is 9.48. The maximum atomic E-state index is 14.2. The van der Waals surface area contributed by atoms with Crippen molar-refractivity contribution < 1.29 is 27.1 Å². The minimum absolute atomic E-state index is 0.00336. The molecule has 0 aliphatic heterocycles. The summed E-state index contributed by atoms with van der Waals surface area (Å²) in [7, 11) is 0. The van der Waals surface area contributed by atoms with E-state index in [1.807, 2.05) is 24.3 Å². The van der Waals surface area contributed by atoms with E-state index in [1.165, 1.54) is 6.07 Å². The molecule has 0 saturated heterocycles. The van der Waals surface area contributed by atoms with Crippen molar-refractivity contribution in [2.75, 3.05) is 6.61 Å². The van der Waals surface area contributed by atoms with Gasteiger partial charge in [0.2, 0.25) is 0 Å². The van der Waals surface area contributed by atoms with Crippen molar-refractivity contribution >= 4 is 44.8 Å². The highest BCUT2D eigenvalue weighted by Crippen LogP contribution is 2.31. The summed E-state index contributed by atoms with van der Waals surface area (Å²) in [5.41, 5.74) is 1.69. The number of hydrogen-bond acceptors (Lipinski definition) is 4. The van der Waals surface area contributed by atoms with Gasteiger partial charge in [0.1, 0.15) is 30.5 Å². The van der Waals surface area contributed by atoms with Crippen LogP contribution < -0.4 is 4.74 Å². The van der Waals surface area contributed by atoms with E-state index in [9.17, 15) is 17.6 Å². The number of ether oxygens (including phenoxy) is 1. The van der Waals surface area contributed by atoms with Crippen LogP contribution in [0.2, 0.25) is 10.0 Å². The van der Waals surface area contributed by atoms with E-state index >= 15 is 0 Å². The first kappa shape index (κ1) is 28.9. The van der Waals surface area contributed by atoms with Crippen LogP contribution in [0.25, 0.3) is 0 Å². The van der Waals surface area contributed by atoms with Gasteiger partial charge in [0.05, 0.1) is 21.3 Å². The molecular formula is C28H19BrCl2F4N2O2. The molecule has 0 amide bonds. The van der Waals surface area contributed by atoms with Gasteiger partial charge in [-0.15, -0.1) is 0 Å². The van der Waals surface area contributed by atoms with Crippen LogP contribution in [-0.4, -0.2) is 17.3 Å². The van der Waals surface area contributed by atoms with Gasteiger partial charge in [-0.2, -0.15) is 13.2 Å². The van der Waals surface area contributed by atoms with Crippen molar-refractivity contribution in [3.05, 3.63) is 127 Å². The number of hydrogen-bond donors (Lipinski definition) is 0. The fourth-order valence-electron chi connectivity index (χ4n) is 3.44. The second-order valence-corrected chi connectivity index (χ2v) is 10.0. The van der Waals surface area contributed by atoms with Gasteiger partial charge in [0.15, 0.2) is 0 Å². The van der Waals surface area contributed by atoms with E-state index in [4.69, 9.17) is 32.8 Å². The Bertz CT molecular complexity index is 1460. The van der Waals surface area contributed by atoms with Gasteiger partial charge in [-0.25, -0.2) is 4.39 Å². The Morgan fingerprint density at radius 2 is 1.67 bits per heavy atom. The third-order valence-corrected chi connectivity index (χ3v) is 6.67. The first-order valence-electron chi connectivity index (χ1n) is 11.4. The van der Waals surface area contributed by atoms with E-state index in [1.54, 1.807) is 36.4 Å². The van der Waals surface area contributed by atoms with Gasteiger partial charge < -0.3 is 9.57 Å². The molecule has 0 saturated carbocycles. The molecule has 0 fully saturated rings. The summed E-state index contributed by atoms with van der Waals surface area (Å²) in [5.74, 6) is -0.0420.